The summed E-state index contributed by atoms with van der Waals surface area (Å²) in [7, 11) is 0. The highest BCUT2D eigenvalue weighted by molar-refractivity contribution is 5.72. The molecule has 1 aromatic rings. The summed E-state index contributed by atoms with van der Waals surface area (Å²) in [5.41, 5.74) is -0.618. The highest BCUT2D eigenvalue weighted by Gasteiger charge is 2.46. The van der Waals surface area contributed by atoms with Crippen molar-refractivity contribution in [3.8, 4) is 0 Å². The van der Waals surface area contributed by atoms with Crippen LogP contribution in [0.25, 0.3) is 0 Å². The van der Waals surface area contributed by atoms with E-state index in [-0.39, 0.29) is 4.68 Å². The molecule has 0 saturated carbocycles. The van der Waals surface area contributed by atoms with Gasteiger partial charge in [0.15, 0.2) is 0 Å². The van der Waals surface area contributed by atoms with E-state index in [1.807, 2.05) is 0 Å². The van der Waals surface area contributed by atoms with E-state index in [0.717, 1.165) is 0 Å². The van der Waals surface area contributed by atoms with Gasteiger partial charge in [-0.3, -0.25) is 5.41 Å². The van der Waals surface area contributed by atoms with Gasteiger partial charge < -0.3 is 4.52 Å². The molecule has 0 amide bonds. The zero-order valence-electron chi connectivity index (χ0n) is 5.42. The molecule has 5 nitrogen and oxygen atoms in total. The summed E-state index contributed by atoms with van der Waals surface area (Å²) < 4.78 is 38.8. The number of hydrogen-bond donors (Lipinski definition) is 1. The van der Waals surface area contributed by atoms with E-state index in [1.54, 1.807) is 0 Å². The Morgan fingerprint density at radius 1 is 1.67 bits per heavy atom. The molecular formula is C4H2F3N3O2. The summed E-state index contributed by atoms with van der Waals surface area (Å²) in [6, 6.07) is 0. The second-order valence-corrected chi connectivity index (χ2v) is 1.81. The van der Waals surface area contributed by atoms with Gasteiger partial charge in [0.2, 0.25) is 6.20 Å². The number of carbonyl (C=O) groups excluding carboxylic acids is 1. The average Bonchev–Trinajstić information content (AvgIpc) is 2.32. The van der Waals surface area contributed by atoms with Crippen LogP contribution < -0.4 is 15.5 Å². The first-order valence-corrected chi connectivity index (χ1v) is 2.63. The minimum Gasteiger partial charge on any atom is -0.486 e. The van der Waals surface area contributed by atoms with Gasteiger partial charge in [-0.2, -0.15) is 17.9 Å². The van der Waals surface area contributed by atoms with Crippen molar-refractivity contribution >= 4 is 5.91 Å². The second kappa shape index (κ2) is 2.47. The van der Waals surface area contributed by atoms with Crippen LogP contribution in [-0.4, -0.2) is 12.1 Å². The molecule has 0 aromatic carbocycles. The molecule has 1 heterocycles. The van der Waals surface area contributed by atoms with Crippen molar-refractivity contribution in [2.45, 2.75) is 6.18 Å². The zero-order valence-corrected chi connectivity index (χ0v) is 5.42. The molecule has 1 rings (SSSR count). The van der Waals surface area contributed by atoms with Crippen LogP contribution in [0.1, 0.15) is 4.79 Å². The van der Waals surface area contributed by atoms with Crippen LogP contribution in [0.4, 0.5) is 13.2 Å². The van der Waals surface area contributed by atoms with Crippen molar-refractivity contribution in [3.63, 3.8) is 0 Å². The van der Waals surface area contributed by atoms with Crippen molar-refractivity contribution in [2.75, 3.05) is 0 Å². The molecule has 0 spiro atoms. The van der Waals surface area contributed by atoms with Gasteiger partial charge >= 0.3 is 12.1 Å². The Labute approximate surface area is 62.9 Å². The van der Waals surface area contributed by atoms with Gasteiger partial charge in [0, 0.05) is 0 Å². The molecule has 8 heteroatoms. The summed E-state index contributed by atoms with van der Waals surface area (Å²) in [4.78, 5) is 10.3. The van der Waals surface area contributed by atoms with E-state index < -0.39 is 17.6 Å². The van der Waals surface area contributed by atoms with Crippen molar-refractivity contribution in [1.29, 1.82) is 5.41 Å². The van der Waals surface area contributed by atoms with Crippen molar-refractivity contribution < 1.29 is 27.2 Å². The number of aromatic nitrogens is 2. The Morgan fingerprint density at radius 2 is 2.25 bits per heavy atom. The molecule has 0 aliphatic carbocycles. The molecule has 0 bridgehead atoms. The number of carbonyl (C=O) groups is 1. The molecule has 12 heavy (non-hydrogen) atoms. The average molecular weight is 181 g/mol. The second-order valence-electron chi connectivity index (χ2n) is 1.81. The normalized spacial score (nSPS) is 11.6. The summed E-state index contributed by atoms with van der Waals surface area (Å²) in [6.07, 6.45) is -4.48. The van der Waals surface area contributed by atoms with Crippen LogP contribution in [0, 0.1) is 5.41 Å². The largest absolute Gasteiger partial charge is 0.520 e. The maximum atomic E-state index is 11.6. The lowest BCUT2D eigenvalue weighted by Crippen LogP contribution is -2.53. The van der Waals surface area contributed by atoms with E-state index in [9.17, 15) is 18.0 Å². The summed E-state index contributed by atoms with van der Waals surface area (Å²) in [6.45, 7) is 0. The van der Waals surface area contributed by atoms with Crippen LogP contribution in [0.15, 0.2) is 10.7 Å². The van der Waals surface area contributed by atoms with E-state index in [1.165, 1.54) is 0 Å². The lowest BCUT2D eigenvalue weighted by atomic mass is 10.6. The number of nitrogens with zero attached hydrogens (tertiary/aromatic N) is 2. The molecule has 0 aliphatic heterocycles. The molecule has 0 fully saturated rings. The van der Waals surface area contributed by atoms with E-state index in [0.29, 0.717) is 6.20 Å². The molecule has 0 saturated heterocycles. The topological polar surface area (TPSA) is 72.0 Å². The summed E-state index contributed by atoms with van der Waals surface area (Å²) in [5.74, 6) is -2.19. The van der Waals surface area contributed by atoms with Gasteiger partial charge in [0.1, 0.15) is 0 Å². The first-order chi connectivity index (χ1) is 5.41. The molecular weight excluding hydrogens is 179 g/mol. The number of alkyl halides is 3. The van der Waals surface area contributed by atoms with Gasteiger partial charge in [0.25, 0.3) is 5.55 Å². The first kappa shape index (κ1) is 8.50. The van der Waals surface area contributed by atoms with Gasteiger partial charge in [-0.15, -0.1) is 0 Å². The minimum absolute atomic E-state index is 0.0810. The van der Waals surface area contributed by atoms with Gasteiger partial charge in [-0.05, 0) is 0 Å². The molecule has 0 atom stereocenters. The quantitative estimate of drug-likeness (QED) is 0.533. The van der Waals surface area contributed by atoms with Crippen molar-refractivity contribution in [1.82, 2.24) is 5.27 Å². The standard InChI is InChI=1S/C4H2F3N3O2/c5-4(6,7)3(11)10-1-2(8)12-9-10/h1,8H. The SMILES string of the molecule is N=c1c[n+](C(=O)C(F)(F)F)[n-]o1. The Hall–Kier alpha value is -1.60. The highest BCUT2D eigenvalue weighted by Crippen LogP contribution is 2.13. The molecule has 0 aliphatic rings. The van der Waals surface area contributed by atoms with Crippen LogP contribution in [0.5, 0.6) is 0 Å². The Kier molecular flexibility index (Phi) is 1.75. The predicted octanol–water partition coefficient (Wildman–Crippen LogP) is -0.794. The Bertz CT molecular complexity index is 349. The van der Waals surface area contributed by atoms with Gasteiger partial charge in [-0.1, -0.05) is 0 Å². The highest BCUT2D eigenvalue weighted by atomic mass is 19.4. The maximum absolute atomic E-state index is 11.6. The van der Waals surface area contributed by atoms with Gasteiger partial charge in [0.05, 0.1) is 0 Å². The minimum atomic E-state index is -5.01. The number of rotatable bonds is 0. The van der Waals surface area contributed by atoms with Crippen LogP contribution in [-0.2, 0) is 0 Å². The molecule has 0 unspecified atom stereocenters. The van der Waals surface area contributed by atoms with Crippen molar-refractivity contribution in [3.05, 3.63) is 11.8 Å². The van der Waals surface area contributed by atoms with Crippen LogP contribution in [0.2, 0.25) is 0 Å². The summed E-state index contributed by atoms with van der Waals surface area (Å²) >= 11 is 0. The molecule has 1 aromatic heterocycles. The fraction of sp³-hybridized carbons (Fsp3) is 0.250. The third kappa shape index (κ3) is 1.52. The monoisotopic (exact) mass is 181 g/mol. The number of nitrogens with one attached hydrogen (secondary N) is 1. The van der Waals surface area contributed by atoms with E-state index in [2.05, 4.69) is 9.79 Å². The summed E-state index contributed by atoms with van der Waals surface area (Å²) in [5, 5.41) is 9.31. The Morgan fingerprint density at radius 3 is 2.58 bits per heavy atom. The molecule has 66 valence electrons. The number of hydrogen-bond acceptors (Lipinski definition) is 3. The predicted molar refractivity (Wildman–Crippen MR) is 24.8 cm³/mol. The van der Waals surface area contributed by atoms with Crippen molar-refractivity contribution in [2.24, 2.45) is 0 Å². The molecule has 1 N–H and O–H groups in total. The van der Waals surface area contributed by atoms with Crippen LogP contribution >= 0.6 is 0 Å². The fourth-order valence-corrected chi connectivity index (χ4v) is 0.472. The van der Waals surface area contributed by atoms with E-state index in [4.69, 9.17) is 5.41 Å². The fourth-order valence-electron chi connectivity index (χ4n) is 0.472. The zero-order chi connectivity index (χ0) is 9.35. The van der Waals surface area contributed by atoms with Crippen LogP contribution in [0.3, 0.4) is 0 Å². The lowest BCUT2D eigenvalue weighted by molar-refractivity contribution is -0.663. The maximum Gasteiger partial charge on any atom is 0.520 e. The smallest absolute Gasteiger partial charge is 0.486 e. The molecule has 0 radical (unpaired) electrons. The Balaban J connectivity index is 3.01. The lowest BCUT2D eigenvalue weighted by Gasteiger charge is -1.98. The third-order valence-corrected chi connectivity index (χ3v) is 0.917. The first-order valence-electron chi connectivity index (χ1n) is 2.63. The third-order valence-electron chi connectivity index (χ3n) is 0.917. The van der Waals surface area contributed by atoms with Gasteiger partial charge in [-0.25, -0.2) is 10.1 Å². The number of halogens is 3. The van der Waals surface area contributed by atoms with E-state index >= 15 is 0 Å².